The minimum atomic E-state index is 0.354. The van der Waals surface area contributed by atoms with Gasteiger partial charge >= 0.3 is 0 Å². The van der Waals surface area contributed by atoms with Crippen molar-refractivity contribution in [1.29, 1.82) is 0 Å². The molecular formula is C13H22BrN3S. The van der Waals surface area contributed by atoms with Gasteiger partial charge in [-0.2, -0.15) is 11.3 Å². The number of nitrogens with zero attached hydrogens (tertiary/aromatic N) is 2. The number of likely N-dealkylation sites (N-methyl/N-ethyl adjacent to an activating group) is 1. The van der Waals surface area contributed by atoms with E-state index in [9.17, 15) is 0 Å². The maximum Gasteiger partial charge on any atom is 0.0491 e. The first kappa shape index (κ1) is 14.5. The fourth-order valence-corrected chi connectivity index (χ4v) is 4.39. The summed E-state index contributed by atoms with van der Waals surface area (Å²) in [5, 5.41) is 4.36. The highest BCUT2D eigenvalue weighted by molar-refractivity contribution is 9.10. The van der Waals surface area contributed by atoms with Gasteiger partial charge in [-0.25, -0.2) is 0 Å². The molecule has 1 saturated heterocycles. The van der Waals surface area contributed by atoms with E-state index in [0.717, 1.165) is 26.2 Å². The van der Waals surface area contributed by atoms with Crippen molar-refractivity contribution in [1.82, 2.24) is 9.80 Å². The molecule has 0 radical (unpaired) electrons. The first-order valence-corrected chi connectivity index (χ1v) is 8.30. The van der Waals surface area contributed by atoms with E-state index in [1.165, 1.54) is 10.0 Å². The second kappa shape index (κ2) is 6.48. The molecule has 5 heteroatoms. The third-order valence-corrected chi connectivity index (χ3v) is 5.62. The fraction of sp³-hybridized carbons (Fsp3) is 0.692. The van der Waals surface area contributed by atoms with E-state index in [0.29, 0.717) is 18.6 Å². The molecule has 1 aliphatic heterocycles. The molecule has 0 spiro atoms. The van der Waals surface area contributed by atoms with E-state index in [2.05, 4.69) is 50.3 Å². The summed E-state index contributed by atoms with van der Waals surface area (Å²) >= 11 is 5.37. The largest absolute Gasteiger partial charge is 0.329 e. The summed E-state index contributed by atoms with van der Waals surface area (Å²) in [4.78, 5) is 5.07. The summed E-state index contributed by atoms with van der Waals surface area (Å²) in [6, 6.07) is 0.974. The van der Waals surface area contributed by atoms with Crippen molar-refractivity contribution >= 4 is 27.3 Å². The molecule has 2 rings (SSSR count). The van der Waals surface area contributed by atoms with Crippen molar-refractivity contribution in [3.63, 3.8) is 0 Å². The predicted octanol–water partition coefficient (Wildman–Crippen LogP) is 2.54. The summed E-state index contributed by atoms with van der Waals surface area (Å²) in [5.41, 5.74) is 7.35. The van der Waals surface area contributed by atoms with Crippen LogP contribution in [0, 0.1) is 0 Å². The molecule has 0 aliphatic carbocycles. The molecule has 102 valence electrons. The Balaban J connectivity index is 2.08. The SMILES string of the molecule is CCN1CCN(C(CN)c2cscc2Br)CC1C. The first-order valence-electron chi connectivity index (χ1n) is 6.57. The summed E-state index contributed by atoms with van der Waals surface area (Å²) in [5.74, 6) is 0. The minimum absolute atomic E-state index is 0.354. The molecule has 0 amide bonds. The summed E-state index contributed by atoms with van der Waals surface area (Å²) in [7, 11) is 0. The molecule has 3 nitrogen and oxygen atoms in total. The topological polar surface area (TPSA) is 32.5 Å². The van der Waals surface area contributed by atoms with E-state index < -0.39 is 0 Å². The molecule has 2 atom stereocenters. The van der Waals surface area contributed by atoms with Crippen LogP contribution in [0.15, 0.2) is 15.2 Å². The van der Waals surface area contributed by atoms with Gasteiger partial charge in [0.15, 0.2) is 0 Å². The molecule has 1 aromatic rings. The lowest BCUT2D eigenvalue weighted by molar-refractivity contribution is 0.0606. The van der Waals surface area contributed by atoms with Gasteiger partial charge in [0, 0.05) is 48.1 Å². The minimum Gasteiger partial charge on any atom is -0.329 e. The number of piperazine rings is 1. The van der Waals surface area contributed by atoms with Gasteiger partial charge in [-0.05, 0) is 40.3 Å². The van der Waals surface area contributed by atoms with Crippen LogP contribution in [0.2, 0.25) is 0 Å². The van der Waals surface area contributed by atoms with Crippen LogP contribution in [0.3, 0.4) is 0 Å². The van der Waals surface area contributed by atoms with Crippen LogP contribution in [0.4, 0.5) is 0 Å². The highest BCUT2D eigenvalue weighted by atomic mass is 79.9. The number of hydrogen-bond acceptors (Lipinski definition) is 4. The third kappa shape index (κ3) is 2.96. The van der Waals surface area contributed by atoms with Gasteiger partial charge in [-0.1, -0.05) is 6.92 Å². The maximum absolute atomic E-state index is 6.00. The normalized spacial score (nSPS) is 24.3. The van der Waals surface area contributed by atoms with Crippen molar-refractivity contribution in [3.8, 4) is 0 Å². The van der Waals surface area contributed by atoms with Crippen LogP contribution in [0.5, 0.6) is 0 Å². The summed E-state index contributed by atoms with van der Waals surface area (Å²) in [6.07, 6.45) is 0. The van der Waals surface area contributed by atoms with Crippen LogP contribution >= 0.6 is 27.3 Å². The number of thiophene rings is 1. The lowest BCUT2D eigenvalue weighted by Gasteiger charge is -2.42. The zero-order chi connectivity index (χ0) is 13.1. The molecule has 0 aromatic carbocycles. The van der Waals surface area contributed by atoms with Gasteiger partial charge in [0.25, 0.3) is 0 Å². The molecular weight excluding hydrogens is 310 g/mol. The second-order valence-electron chi connectivity index (χ2n) is 4.90. The Hall–Kier alpha value is 0.0600. The zero-order valence-electron chi connectivity index (χ0n) is 11.1. The quantitative estimate of drug-likeness (QED) is 0.920. The smallest absolute Gasteiger partial charge is 0.0491 e. The summed E-state index contributed by atoms with van der Waals surface area (Å²) < 4.78 is 1.20. The van der Waals surface area contributed by atoms with E-state index in [4.69, 9.17) is 5.73 Å². The van der Waals surface area contributed by atoms with Crippen molar-refractivity contribution in [2.75, 3.05) is 32.7 Å². The molecule has 0 saturated carbocycles. The van der Waals surface area contributed by atoms with Crippen LogP contribution in [-0.4, -0.2) is 48.6 Å². The Morgan fingerprint density at radius 2 is 2.28 bits per heavy atom. The highest BCUT2D eigenvalue weighted by Crippen LogP contribution is 2.31. The molecule has 2 N–H and O–H groups in total. The van der Waals surface area contributed by atoms with E-state index >= 15 is 0 Å². The van der Waals surface area contributed by atoms with E-state index in [1.807, 2.05) is 0 Å². The lowest BCUT2D eigenvalue weighted by Crippen LogP contribution is -2.53. The first-order chi connectivity index (χ1) is 8.67. The van der Waals surface area contributed by atoms with Gasteiger partial charge in [0.2, 0.25) is 0 Å². The molecule has 1 aliphatic rings. The average Bonchev–Trinajstić information content (AvgIpc) is 2.77. The third-order valence-electron chi connectivity index (χ3n) is 3.87. The van der Waals surface area contributed by atoms with Crippen molar-refractivity contribution in [2.45, 2.75) is 25.9 Å². The maximum atomic E-state index is 6.00. The van der Waals surface area contributed by atoms with Crippen LogP contribution < -0.4 is 5.73 Å². The molecule has 2 heterocycles. The molecule has 0 bridgehead atoms. The van der Waals surface area contributed by atoms with Crippen LogP contribution in [0.25, 0.3) is 0 Å². The van der Waals surface area contributed by atoms with E-state index in [1.54, 1.807) is 11.3 Å². The van der Waals surface area contributed by atoms with Gasteiger partial charge in [-0.15, -0.1) is 0 Å². The highest BCUT2D eigenvalue weighted by Gasteiger charge is 2.28. The number of hydrogen-bond donors (Lipinski definition) is 1. The van der Waals surface area contributed by atoms with Crippen molar-refractivity contribution in [2.24, 2.45) is 5.73 Å². The lowest BCUT2D eigenvalue weighted by atomic mass is 10.1. The molecule has 18 heavy (non-hydrogen) atoms. The fourth-order valence-electron chi connectivity index (χ4n) is 2.78. The Morgan fingerprint density at radius 1 is 1.50 bits per heavy atom. The second-order valence-corrected chi connectivity index (χ2v) is 6.50. The summed E-state index contributed by atoms with van der Waals surface area (Å²) in [6.45, 7) is 9.75. The van der Waals surface area contributed by atoms with E-state index in [-0.39, 0.29) is 0 Å². The standard InChI is InChI=1S/C13H22BrN3S/c1-3-16-4-5-17(7-10(16)2)13(6-15)11-8-18-9-12(11)14/h8-10,13H,3-7,15H2,1-2H3. The Morgan fingerprint density at radius 3 is 2.78 bits per heavy atom. The van der Waals surface area contributed by atoms with Crippen LogP contribution in [0.1, 0.15) is 25.5 Å². The van der Waals surface area contributed by atoms with Crippen molar-refractivity contribution in [3.05, 3.63) is 20.8 Å². The Bertz CT molecular complexity index is 382. The molecule has 2 unspecified atom stereocenters. The van der Waals surface area contributed by atoms with Crippen LogP contribution in [-0.2, 0) is 0 Å². The van der Waals surface area contributed by atoms with Crippen molar-refractivity contribution < 1.29 is 0 Å². The Kier molecular flexibility index (Phi) is 5.21. The molecule has 1 aromatic heterocycles. The Labute approximate surface area is 122 Å². The number of halogens is 1. The van der Waals surface area contributed by atoms with Gasteiger partial charge in [0.05, 0.1) is 0 Å². The average molecular weight is 332 g/mol. The number of nitrogens with two attached hydrogens (primary N) is 1. The number of rotatable bonds is 4. The van der Waals surface area contributed by atoms with Gasteiger partial charge < -0.3 is 5.73 Å². The molecule has 1 fully saturated rings. The monoisotopic (exact) mass is 331 g/mol. The zero-order valence-corrected chi connectivity index (χ0v) is 13.5. The van der Waals surface area contributed by atoms with Gasteiger partial charge in [-0.3, -0.25) is 9.80 Å². The predicted molar refractivity (Wildman–Crippen MR) is 82.1 cm³/mol. The van der Waals surface area contributed by atoms with Gasteiger partial charge in [0.1, 0.15) is 0 Å².